The number of aromatic nitrogens is 3. The summed E-state index contributed by atoms with van der Waals surface area (Å²) in [5, 5.41) is 1.01. The molecule has 4 rings (SSSR count). The zero-order chi connectivity index (χ0) is 15.8. The summed E-state index contributed by atoms with van der Waals surface area (Å²) < 4.78 is 2.11. The van der Waals surface area contributed by atoms with Crippen LogP contribution in [0.4, 0.5) is 0 Å². The van der Waals surface area contributed by atoms with E-state index in [0.717, 1.165) is 48.1 Å². The summed E-state index contributed by atoms with van der Waals surface area (Å²) in [7, 11) is 0. The summed E-state index contributed by atoms with van der Waals surface area (Å²) >= 11 is 0. The maximum Gasteiger partial charge on any atom is 0.256 e. The maximum absolute atomic E-state index is 13.1. The summed E-state index contributed by atoms with van der Waals surface area (Å²) in [6.07, 6.45) is 7.73. The minimum Gasteiger partial charge on any atom is -0.358 e. The van der Waals surface area contributed by atoms with Crippen molar-refractivity contribution in [3.63, 3.8) is 0 Å². The Balaban J connectivity index is 1.64. The van der Waals surface area contributed by atoms with Gasteiger partial charge in [-0.25, -0.2) is 4.98 Å². The van der Waals surface area contributed by atoms with Crippen molar-refractivity contribution in [2.45, 2.75) is 25.8 Å². The number of nitrogens with one attached hydrogen (secondary N) is 1. The molecule has 0 radical (unpaired) electrons. The van der Waals surface area contributed by atoms with Gasteiger partial charge in [0.15, 0.2) is 0 Å². The zero-order valence-electron chi connectivity index (χ0n) is 13.2. The zero-order valence-corrected chi connectivity index (χ0v) is 13.2. The van der Waals surface area contributed by atoms with Gasteiger partial charge in [0.1, 0.15) is 0 Å². The third kappa shape index (κ3) is 2.42. The van der Waals surface area contributed by atoms with E-state index in [1.165, 1.54) is 0 Å². The average Bonchev–Trinajstić information content (AvgIpc) is 3.21. The van der Waals surface area contributed by atoms with Crippen LogP contribution in [0, 0.1) is 6.92 Å². The van der Waals surface area contributed by atoms with Gasteiger partial charge in [-0.2, -0.15) is 0 Å². The van der Waals surface area contributed by atoms with E-state index < -0.39 is 0 Å². The first-order chi connectivity index (χ1) is 11.2. The number of aromatic amines is 1. The van der Waals surface area contributed by atoms with Gasteiger partial charge < -0.3 is 14.5 Å². The molecule has 5 heteroatoms. The van der Waals surface area contributed by atoms with E-state index in [0.29, 0.717) is 6.04 Å². The molecule has 2 aromatic heterocycles. The molecule has 0 saturated carbocycles. The van der Waals surface area contributed by atoms with E-state index in [1.54, 1.807) is 6.20 Å². The lowest BCUT2D eigenvalue weighted by Crippen LogP contribution is -2.40. The molecule has 5 nitrogen and oxygen atoms in total. The molecule has 0 aliphatic carbocycles. The summed E-state index contributed by atoms with van der Waals surface area (Å²) in [4.78, 5) is 22.5. The van der Waals surface area contributed by atoms with E-state index in [1.807, 2.05) is 48.6 Å². The highest BCUT2D eigenvalue weighted by molar-refractivity contribution is 6.08. The second-order valence-electron chi connectivity index (χ2n) is 6.23. The number of H-pyrrole nitrogens is 1. The van der Waals surface area contributed by atoms with Crippen LogP contribution in [-0.2, 0) is 0 Å². The lowest BCUT2D eigenvalue weighted by atomic mass is 10.0. The highest BCUT2D eigenvalue weighted by Crippen LogP contribution is 2.27. The van der Waals surface area contributed by atoms with Crippen molar-refractivity contribution < 1.29 is 4.79 Å². The Labute approximate surface area is 134 Å². The fourth-order valence-corrected chi connectivity index (χ4v) is 3.58. The molecule has 1 aromatic carbocycles. The number of likely N-dealkylation sites (tertiary alicyclic amines) is 1. The lowest BCUT2D eigenvalue weighted by Gasteiger charge is -2.33. The molecular weight excluding hydrogens is 288 g/mol. The Kier molecular flexibility index (Phi) is 3.41. The van der Waals surface area contributed by atoms with Crippen molar-refractivity contribution in [2.75, 3.05) is 13.1 Å². The monoisotopic (exact) mass is 308 g/mol. The van der Waals surface area contributed by atoms with Gasteiger partial charge in [-0.05, 0) is 25.8 Å². The van der Waals surface area contributed by atoms with Crippen molar-refractivity contribution in [3.8, 4) is 0 Å². The van der Waals surface area contributed by atoms with Gasteiger partial charge in [-0.15, -0.1) is 0 Å². The predicted molar refractivity (Wildman–Crippen MR) is 89.4 cm³/mol. The number of amides is 1. The smallest absolute Gasteiger partial charge is 0.256 e. The first-order valence-corrected chi connectivity index (χ1v) is 8.08. The van der Waals surface area contributed by atoms with Crippen molar-refractivity contribution >= 4 is 16.8 Å². The molecule has 1 aliphatic rings. The van der Waals surface area contributed by atoms with Crippen LogP contribution in [0.15, 0.2) is 43.0 Å². The van der Waals surface area contributed by atoms with Crippen LogP contribution < -0.4 is 0 Å². The number of aryl methyl sites for hydroxylation is 1. The van der Waals surface area contributed by atoms with Gasteiger partial charge in [0, 0.05) is 42.1 Å². The van der Waals surface area contributed by atoms with Crippen molar-refractivity contribution in [1.29, 1.82) is 0 Å². The van der Waals surface area contributed by atoms with Crippen molar-refractivity contribution in [2.24, 2.45) is 0 Å². The second-order valence-corrected chi connectivity index (χ2v) is 6.23. The first-order valence-electron chi connectivity index (χ1n) is 8.08. The Bertz CT molecular complexity index is 834. The minimum absolute atomic E-state index is 0.129. The highest BCUT2D eigenvalue weighted by atomic mass is 16.2. The van der Waals surface area contributed by atoms with Crippen molar-refractivity contribution in [1.82, 2.24) is 19.4 Å². The van der Waals surface area contributed by atoms with Crippen LogP contribution in [0.1, 0.15) is 34.9 Å². The number of nitrogens with zero attached hydrogens (tertiary/aromatic N) is 3. The molecule has 1 amide bonds. The van der Waals surface area contributed by atoms with Crippen LogP contribution in [0.2, 0.25) is 0 Å². The number of fused-ring (bicyclic) bond motifs is 1. The summed E-state index contributed by atoms with van der Waals surface area (Å²) in [5.74, 6) is 0.129. The van der Waals surface area contributed by atoms with Crippen LogP contribution in [0.3, 0.4) is 0 Å². The Morgan fingerprint density at radius 2 is 2.22 bits per heavy atom. The van der Waals surface area contributed by atoms with Gasteiger partial charge in [0.2, 0.25) is 0 Å². The van der Waals surface area contributed by atoms with Gasteiger partial charge in [0.05, 0.1) is 17.9 Å². The highest BCUT2D eigenvalue weighted by Gasteiger charge is 2.27. The van der Waals surface area contributed by atoms with E-state index >= 15 is 0 Å². The second kappa shape index (κ2) is 5.57. The average molecular weight is 308 g/mol. The van der Waals surface area contributed by atoms with Gasteiger partial charge >= 0.3 is 0 Å². The molecule has 1 aliphatic heterocycles. The lowest BCUT2D eigenvalue weighted by molar-refractivity contribution is 0.0680. The number of piperidine rings is 1. The Morgan fingerprint density at radius 3 is 3.04 bits per heavy atom. The Hall–Kier alpha value is -2.56. The van der Waals surface area contributed by atoms with Gasteiger partial charge in [0.25, 0.3) is 5.91 Å². The fraction of sp³-hybridized carbons (Fsp3) is 0.333. The molecule has 1 N–H and O–H groups in total. The van der Waals surface area contributed by atoms with Crippen molar-refractivity contribution in [3.05, 3.63) is 54.2 Å². The topological polar surface area (TPSA) is 53.9 Å². The molecule has 3 heterocycles. The third-order valence-electron chi connectivity index (χ3n) is 4.74. The number of para-hydroxylation sites is 1. The quantitative estimate of drug-likeness (QED) is 0.790. The standard InChI is InChI=1S/C18H20N4O/c1-13-17(15-6-2-3-7-16(15)20-13)18(23)21-9-4-5-14(11-21)22-10-8-19-12-22/h2-3,6-8,10,12,14,20H,4-5,9,11H2,1H3. The summed E-state index contributed by atoms with van der Waals surface area (Å²) in [6.45, 7) is 3.54. The number of hydrogen-bond donors (Lipinski definition) is 1. The van der Waals surface area contributed by atoms with Crippen LogP contribution >= 0.6 is 0 Å². The molecule has 0 bridgehead atoms. The molecule has 23 heavy (non-hydrogen) atoms. The maximum atomic E-state index is 13.1. The molecule has 3 aromatic rings. The van der Waals surface area contributed by atoms with Gasteiger partial charge in [-0.3, -0.25) is 4.79 Å². The molecule has 1 fully saturated rings. The van der Waals surface area contributed by atoms with E-state index in [2.05, 4.69) is 14.5 Å². The van der Waals surface area contributed by atoms with Crippen LogP contribution in [0.25, 0.3) is 10.9 Å². The minimum atomic E-state index is 0.129. The molecule has 1 saturated heterocycles. The molecule has 118 valence electrons. The Morgan fingerprint density at radius 1 is 1.35 bits per heavy atom. The van der Waals surface area contributed by atoms with E-state index in [9.17, 15) is 4.79 Å². The summed E-state index contributed by atoms with van der Waals surface area (Å²) in [5.41, 5.74) is 2.78. The van der Waals surface area contributed by atoms with E-state index in [4.69, 9.17) is 0 Å². The predicted octanol–water partition coefficient (Wildman–Crippen LogP) is 3.15. The van der Waals surface area contributed by atoms with Crippen LogP contribution in [0.5, 0.6) is 0 Å². The first kappa shape index (κ1) is 14.1. The molecule has 1 unspecified atom stereocenters. The number of imidazole rings is 1. The van der Waals surface area contributed by atoms with Gasteiger partial charge in [-0.1, -0.05) is 18.2 Å². The van der Waals surface area contributed by atoms with E-state index in [-0.39, 0.29) is 5.91 Å². The third-order valence-corrected chi connectivity index (χ3v) is 4.74. The SMILES string of the molecule is Cc1[nH]c2ccccc2c1C(=O)N1CCCC(n2ccnc2)C1. The largest absolute Gasteiger partial charge is 0.358 e. The number of carbonyl (C=O) groups is 1. The normalized spacial score (nSPS) is 18.5. The molecule has 1 atom stereocenters. The summed E-state index contributed by atoms with van der Waals surface area (Å²) in [6, 6.07) is 8.33. The number of hydrogen-bond acceptors (Lipinski definition) is 2. The number of carbonyl (C=O) groups excluding carboxylic acids is 1. The molecule has 0 spiro atoms. The van der Waals surface area contributed by atoms with Crippen LogP contribution in [-0.4, -0.2) is 38.4 Å². The number of rotatable bonds is 2. The number of benzene rings is 1. The fourth-order valence-electron chi connectivity index (χ4n) is 3.58. The molecular formula is C18H20N4O.